The van der Waals surface area contributed by atoms with E-state index in [1.807, 2.05) is 17.5 Å². The Labute approximate surface area is 123 Å². The molecule has 0 unspecified atom stereocenters. The molecule has 0 aliphatic carbocycles. The third-order valence-electron chi connectivity index (χ3n) is 2.97. The molecule has 106 valence electrons. The first-order valence-electron chi connectivity index (χ1n) is 6.12. The summed E-state index contributed by atoms with van der Waals surface area (Å²) in [4.78, 5) is 12.2. The number of nitrogens with zero attached hydrogens (tertiary/aromatic N) is 3. The average Bonchev–Trinajstić information content (AvgIpc) is 3.10. The Morgan fingerprint density at radius 3 is 2.76 bits per heavy atom. The molecule has 3 aromatic rings. The minimum atomic E-state index is -1.18. The fourth-order valence-electron chi connectivity index (χ4n) is 2.02. The first kappa shape index (κ1) is 13.4. The fourth-order valence-corrected chi connectivity index (χ4v) is 2.73. The number of halogens is 1. The van der Waals surface area contributed by atoms with Gasteiger partial charge in [-0.3, -0.25) is 0 Å². The van der Waals surface area contributed by atoms with Crippen LogP contribution in [0.1, 0.15) is 21.1 Å². The third-order valence-corrected chi connectivity index (χ3v) is 3.84. The molecule has 0 saturated heterocycles. The van der Waals surface area contributed by atoms with Crippen LogP contribution in [0.4, 0.5) is 4.39 Å². The van der Waals surface area contributed by atoms with E-state index in [0.29, 0.717) is 12.1 Å². The Morgan fingerprint density at radius 1 is 1.29 bits per heavy atom. The molecular formula is C14H10FN3O2S. The molecule has 0 aliphatic heterocycles. The van der Waals surface area contributed by atoms with Crippen molar-refractivity contribution in [2.24, 2.45) is 0 Å². The predicted octanol–water partition coefficient (Wildman–Crippen LogP) is 2.76. The summed E-state index contributed by atoms with van der Waals surface area (Å²) in [5, 5.41) is 18.6. The summed E-state index contributed by atoms with van der Waals surface area (Å²) in [6.45, 7) is 0. The van der Waals surface area contributed by atoms with Crippen molar-refractivity contribution in [1.29, 1.82) is 0 Å². The maximum absolute atomic E-state index is 13.9. The Kier molecular flexibility index (Phi) is 3.49. The van der Waals surface area contributed by atoms with Gasteiger partial charge in [-0.05, 0) is 23.6 Å². The smallest absolute Gasteiger partial charge is 0.358 e. The van der Waals surface area contributed by atoms with Crippen LogP contribution in [-0.2, 0) is 6.42 Å². The van der Waals surface area contributed by atoms with E-state index in [4.69, 9.17) is 0 Å². The minimum Gasteiger partial charge on any atom is -0.476 e. The molecule has 0 aliphatic rings. The molecule has 7 heteroatoms. The molecule has 3 rings (SSSR count). The Hall–Kier alpha value is -2.54. The van der Waals surface area contributed by atoms with E-state index in [-0.39, 0.29) is 11.4 Å². The lowest BCUT2D eigenvalue weighted by Crippen LogP contribution is -2.08. The van der Waals surface area contributed by atoms with Gasteiger partial charge in [0.2, 0.25) is 0 Å². The Morgan fingerprint density at radius 2 is 2.10 bits per heavy atom. The van der Waals surface area contributed by atoms with Crippen LogP contribution in [-0.4, -0.2) is 26.1 Å². The van der Waals surface area contributed by atoms with Gasteiger partial charge in [-0.25, -0.2) is 13.9 Å². The third kappa shape index (κ3) is 2.55. The van der Waals surface area contributed by atoms with Gasteiger partial charge >= 0.3 is 5.97 Å². The maximum Gasteiger partial charge on any atom is 0.358 e. The van der Waals surface area contributed by atoms with Gasteiger partial charge in [-0.15, -0.1) is 16.4 Å². The lowest BCUT2D eigenvalue weighted by molar-refractivity contribution is 0.0689. The fraction of sp³-hybridized carbons (Fsp3) is 0.0714. The minimum absolute atomic E-state index is 0.161. The number of rotatable bonds is 4. The lowest BCUT2D eigenvalue weighted by atomic mass is 10.2. The summed E-state index contributed by atoms with van der Waals surface area (Å²) in [5.74, 6) is -1.66. The molecule has 1 aromatic carbocycles. The van der Waals surface area contributed by atoms with Gasteiger partial charge < -0.3 is 5.11 Å². The second-order valence-corrected chi connectivity index (χ2v) is 5.34. The van der Waals surface area contributed by atoms with E-state index in [1.165, 1.54) is 28.2 Å². The molecule has 0 atom stereocenters. The van der Waals surface area contributed by atoms with Gasteiger partial charge in [0.1, 0.15) is 11.5 Å². The lowest BCUT2D eigenvalue weighted by Gasteiger charge is -2.07. The summed E-state index contributed by atoms with van der Waals surface area (Å²) in [5.41, 5.74) is 0.380. The maximum atomic E-state index is 13.9. The Bertz CT molecular complexity index is 783. The summed E-state index contributed by atoms with van der Waals surface area (Å²) in [6, 6.07) is 9.81. The van der Waals surface area contributed by atoms with Crippen molar-refractivity contribution < 1.29 is 14.3 Å². The second kappa shape index (κ2) is 5.45. The zero-order chi connectivity index (χ0) is 14.8. The number of hydrogen-bond acceptors (Lipinski definition) is 4. The van der Waals surface area contributed by atoms with Gasteiger partial charge in [0.15, 0.2) is 5.69 Å². The highest BCUT2D eigenvalue weighted by Gasteiger charge is 2.21. The number of aromatic nitrogens is 3. The largest absolute Gasteiger partial charge is 0.476 e. The number of aromatic carboxylic acids is 1. The van der Waals surface area contributed by atoms with E-state index in [0.717, 1.165) is 4.88 Å². The topological polar surface area (TPSA) is 68.0 Å². The van der Waals surface area contributed by atoms with Gasteiger partial charge in [0.25, 0.3) is 0 Å². The van der Waals surface area contributed by atoms with Crippen molar-refractivity contribution in [3.05, 3.63) is 63.9 Å². The van der Waals surface area contributed by atoms with Crippen LogP contribution < -0.4 is 0 Å². The molecule has 21 heavy (non-hydrogen) atoms. The van der Waals surface area contributed by atoms with Crippen LogP contribution in [0.25, 0.3) is 5.69 Å². The number of carbonyl (C=O) groups is 1. The molecule has 0 saturated carbocycles. The highest BCUT2D eigenvalue weighted by molar-refractivity contribution is 7.09. The van der Waals surface area contributed by atoms with Crippen LogP contribution in [0, 0.1) is 5.82 Å². The summed E-state index contributed by atoms with van der Waals surface area (Å²) in [7, 11) is 0. The quantitative estimate of drug-likeness (QED) is 0.804. The summed E-state index contributed by atoms with van der Waals surface area (Å²) >= 11 is 1.49. The van der Waals surface area contributed by atoms with Crippen LogP contribution in [0.2, 0.25) is 0 Å². The number of carboxylic acids is 1. The molecule has 0 bridgehead atoms. The van der Waals surface area contributed by atoms with E-state index < -0.39 is 11.8 Å². The number of para-hydroxylation sites is 1. The monoisotopic (exact) mass is 303 g/mol. The van der Waals surface area contributed by atoms with Crippen molar-refractivity contribution in [1.82, 2.24) is 15.0 Å². The highest BCUT2D eigenvalue weighted by atomic mass is 32.1. The van der Waals surface area contributed by atoms with Gasteiger partial charge in [-0.1, -0.05) is 23.4 Å². The molecule has 2 aromatic heterocycles. The van der Waals surface area contributed by atoms with Gasteiger partial charge in [0, 0.05) is 11.3 Å². The van der Waals surface area contributed by atoms with E-state index >= 15 is 0 Å². The van der Waals surface area contributed by atoms with E-state index in [2.05, 4.69) is 10.3 Å². The molecule has 0 radical (unpaired) electrons. The van der Waals surface area contributed by atoms with E-state index in [1.54, 1.807) is 12.1 Å². The molecular weight excluding hydrogens is 293 g/mol. The zero-order valence-corrected chi connectivity index (χ0v) is 11.5. The second-order valence-electron chi connectivity index (χ2n) is 4.31. The average molecular weight is 303 g/mol. The predicted molar refractivity (Wildman–Crippen MR) is 75.4 cm³/mol. The van der Waals surface area contributed by atoms with Gasteiger partial charge in [0.05, 0.1) is 5.69 Å². The molecule has 0 fully saturated rings. The molecule has 5 nitrogen and oxygen atoms in total. The van der Waals surface area contributed by atoms with Crippen molar-refractivity contribution in [2.45, 2.75) is 6.42 Å². The highest BCUT2D eigenvalue weighted by Crippen LogP contribution is 2.21. The normalized spacial score (nSPS) is 10.7. The SMILES string of the molecule is O=C(O)c1nnn(-c2ccccc2F)c1Cc1cccs1. The number of benzene rings is 1. The number of carboxylic acid groups (broad SMARTS) is 1. The van der Waals surface area contributed by atoms with Crippen LogP contribution in [0.15, 0.2) is 41.8 Å². The van der Waals surface area contributed by atoms with E-state index in [9.17, 15) is 14.3 Å². The zero-order valence-electron chi connectivity index (χ0n) is 10.7. The van der Waals surface area contributed by atoms with Crippen molar-refractivity contribution in [3.63, 3.8) is 0 Å². The molecule has 2 heterocycles. The van der Waals surface area contributed by atoms with Crippen molar-refractivity contribution in [3.8, 4) is 5.69 Å². The van der Waals surface area contributed by atoms with Gasteiger partial charge in [-0.2, -0.15) is 0 Å². The first-order valence-corrected chi connectivity index (χ1v) is 7.00. The Balaban J connectivity index is 2.13. The molecule has 0 amide bonds. The molecule has 0 spiro atoms. The summed E-state index contributed by atoms with van der Waals surface area (Å²) < 4.78 is 15.2. The van der Waals surface area contributed by atoms with Crippen LogP contribution in [0.3, 0.4) is 0 Å². The van der Waals surface area contributed by atoms with Crippen molar-refractivity contribution in [2.75, 3.05) is 0 Å². The standard InChI is InChI=1S/C14H10FN3O2S/c15-10-5-1-2-6-11(10)18-12(8-9-4-3-7-21-9)13(14(19)20)16-17-18/h1-7H,8H2,(H,19,20). The summed E-state index contributed by atoms with van der Waals surface area (Å²) in [6.07, 6.45) is 0.334. The molecule has 1 N–H and O–H groups in total. The number of thiophene rings is 1. The first-order chi connectivity index (χ1) is 10.2. The van der Waals surface area contributed by atoms with Crippen LogP contribution >= 0.6 is 11.3 Å². The van der Waals surface area contributed by atoms with Crippen LogP contribution in [0.5, 0.6) is 0 Å². The van der Waals surface area contributed by atoms with Crippen molar-refractivity contribution >= 4 is 17.3 Å². The number of hydrogen-bond donors (Lipinski definition) is 1.